The van der Waals surface area contributed by atoms with E-state index >= 15 is 0 Å². The molecule has 0 aliphatic carbocycles. The van der Waals surface area contributed by atoms with Crippen LogP contribution in [0.1, 0.15) is 31.7 Å². The largest absolute Gasteiger partial charge is 0.309 e. The third-order valence-electron chi connectivity index (χ3n) is 2.25. The average molecular weight is 174 g/mol. The molecule has 1 heteroatoms. The molecule has 0 saturated carbocycles. The third kappa shape index (κ3) is 2.69. The Labute approximate surface area is 80.3 Å². The molecular weight excluding hydrogens is 158 g/mol. The van der Waals surface area contributed by atoms with Gasteiger partial charge in [-0.2, -0.15) is 0 Å². The predicted molar refractivity (Wildman–Crippen MR) is 57.2 cm³/mol. The second-order valence-electron chi connectivity index (χ2n) is 3.27. The SMILES string of the molecule is C[CH]CC(=N)[C@H](C)c1ccccc1. The number of hydrogen-bond acceptors (Lipinski definition) is 1. The molecule has 1 atom stereocenters. The summed E-state index contributed by atoms with van der Waals surface area (Å²) in [6.07, 6.45) is 2.82. The Morgan fingerprint density at radius 3 is 2.54 bits per heavy atom. The summed E-state index contributed by atoms with van der Waals surface area (Å²) in [6.45, 7) is 4.08. The minimum atomic E-state index is 0.248. The molecule has 0 unspecified atom stereocenters. The molecule has 1 aromatic rings. The van der Waals surface area contributed by atoms with Crippen LogP contribution in [0.25, 0.3) is 0 Å². The molecule has 0 aliphatic rings. The highest BCUT2D eigenvalue weighted by Gasteiger charge is 2.09. The minimum absolute atomic E-state index is 0.248. The lowest BCUT2D eigenvalue weighted by Gasteiger charge is -2.12. The van der Waals surface area contributed by atoms with Crippen molar-refractivity contribution >= 4 is 5.71 Å². The van der Waals surface area contributed by atoms with E-state index in [0.29, 0.717) is 0 Å². The van der Waals surface area contributed by atoms with E-state index in [0.717, 1.165) is 12.1 Å². The summed E-state index contributed by atoms with van der Waals surface area (Å²) in [5, 5.41) is 7.80. The lowest BCUT2D eigenvalue weighted by Crippen LogP contribution is -2.07. The second-order valence-corrected chi connectivity index (χ2v) is 3.27. The van der Waals surface area contributed by atoms with E-state index in [4.69, 9.17) is 5.41 Å². The molecule has 0 fully saturated rings. The van der Waals surface area contributed by atoms with Gasteiger partial charge >= 0.3 is 0 Å². The second kappa shape index (κ2) is 4.80. The Morgan fingerprint density at radius 2 is 2.00 bits per heavy atom. The summed E-state index contributed by atoms with van der Waals surface area (Å²) in [5.74, 6) is 0.248. The van der Waals surface area contributed by atoms with Gasteiger partial charge in [0.1, 0.15) is 0 Å². The summed E-state index contributed by atoms with van der Waals surface area (Å²) in [5.41, 5.74) is 2.02. The minimum Gasteiger partial charge on any atom is -0.309 e. The average Bonchev–Trinajstić information content (AvgIpc) is 2.18. The molecule has 1 radical (unpaired) electrons. The highest BCUT2D eigenvalue weighted by atomic mass is 14.4. The molecule has 13 heavy (non-hydrogen) atoms. The van der Waals surface area contributed by atoms with E-state index in [1.54, 1.807) is 0 Å². The number of hydrogen-bond donors (Lipinski definition) is 1. The van der Waals surface area contributed by atoms with E-state index in [2.05, 4.69) is 19.1 Å². The summed E-state index contributed by atoms with van der Waals surface area (Å²) in [7, 11) is 0. The first-order chi connectivity index (χ1) is 6.25. The van der Waals surface area contributed by atoms with Gasteiger partial charge in [0.2, 0.25) is 0 Å². The monoisotopic (exact) mass is 174 g/mol. The van der Waals surface area contributed by atoms with Crippen LogP contribution in [0.5, 0.6) is 0 Å². The van der Waals surface area contributed by atoms with Gasteiger partial charge < -0.3 is 5.41 Å². The molecule has 1 rings (SSSR count). The Hall–Kier alpha value is -1.11. The van der Waals surface area contributed by atoms with Gasteiger partial charge in [0.15, 0.2) is 0 Å². The van der Waals surface area contributed by atoms with Crippen LogP contribution in [0.15, 0.2) is 30.3 Å². The van der Waals surface area contributed by atoms with Crippen LogP contribution in [-0.2, 0) is 0 Å². The van der Waals surface area contributed by atoms with Crippen molar-refractivity contribution in [3.05, 3.63) is 42.3 Å². The van der Waals surface area contributed by atoms with Gasteiger partial charge in [-0.25, -0.2) is 0 Å². The van der Waals surface area contributed by atoms with Gasteiger partial charge in [0.25, 0.3) is 0 Å². The van der Waals surface area contributed by atoms with Crippen molar-refractivity contribution in [2.45, 2.75) is 26.2 Å². The quantitative estimate of drug-likeness (QED) is 0.676. The molecule has 0 amide bonds. The van der Waals surface area contributed by atoms with Crippen molar-refractivity contribution in [3.63, 3.8) is 0 Å². The molecule has 0 heterocycles. The summed E-state index contributed by atoms with van der Waals surface area (Å²) >= 11 is 0. The van der Waals surface area contributed by atoms with Gasteiger partial charge in [-0.05, 0) is 18.4 Å². The lowest BCUT2D eigenvalue weighted by molar-refractivity contribution is 0.969. The third-order valence-corrected chi connectivity index (χ3v) is 2.25. The predicted octanol–water partition coefficient (Wildman–Crippen LogP) is 3.42. The topological polar surface area (TPSA) is 23.9 Å². The van der Waals surface area contributed by atoms with Crippen molar-refractivity contribution in [1.82, 2.24) is 0 Å². The first-order valence-electron chi connectivity index (χ1n) is 4.65. The summed E-state index contributed by atoms with van der Waals surface area (Å²) in [6, 6.07) is 10.2. The van der Waals surface area contributed by atoms with Gasteiger partial charge in [0, 0.05) is 11.6 Å². The first-order valence-corrected chi connectivity index (χ1v) is 4.65. The van der Waals surface area contributed by atoms with Gasteiger partial charge in [0.05, 0.1) is 0 Å². The van der Waals surface area contributed by atoms with Crippen LogP contribution < -0.4 is 0 Å². The van der Waals surface area contributed by atoms with Crippen LogP contribution in [0.4, 0.5) is 0 Å². The van der Waals surface area contributed by atoms with Gasteiger partial charge in [-0.3, -0.25) is 0 Å². The van der Waals surface area contributed by atoms with E-state index < -0.39 is 0 Å². The molecule has 1 aromatic carbocycles. The molecule has 0 saturated heterocycles. The highest BCUT2D eigenvalue weighted by molar-refractivity contribution is 5.88. The van der Waals surface area contributed by atoms with Crippen molar-refractivity contribution in [1.29, 1.82) is 5.41 Å². The zero-order chi connectivity index (χ0) is 9.68. The fraction of sp³-hybridized carbons (Fsp3) is 0.333. The van der Waals surface area contributed by atoms with E-state index in [9.17, 15) is 0 Å². The lowest BCUT2D eigenvalue weighted by atomic mass is 9.94. The maximum absolute atomic E-state index is 7.80. The van der Waals surface area contributed by atoms with Crippen molar-refractivity contribution in [2.75, 3.05) is 0 Å². The summed E-state index contributed by atoms with van der Waals surface area (Å²) < 4.78 is 0. The van der Waals surface area contributed by atoms with Crippen LogP contribution >= 0.6 is 0 Å². The molecule has 0 bridgehead atoms. The van der Waals surface area contributed by atoms with Crippen LogP contribution in [0.3, 0.4) is 0 Å². The molecule has 1 nitrogen and oxygen atoms in total. The van der Waals surface area contributed by atoms with E-state index in [1.807, 2.05) is 31.5 Å². The molecule has 0 spiro atoms. The highest BCUT2D eigenvalue weighted by Crippen LogP contribution is 2.17. The maximum Gasteiger partial charge on any atom is 0.0188 e. The zero-order valence-corrected chi connectivity index (χ0v) is 8.25. The molecular formula is C12H16N. The molecule has 0 aliphatic heterocycles. The van der Waals surface area contributed by atoms with Crippen LogP contribution in [0.2, 0.25) is 0 Å². The smallest absolute Gasteiger partial charge is 0.0188 e. The zero-order valence-electron chi connectivity index (χ0n) is 8.25. The van der Waals surface area contributed by atoms with Crippen molar-refractivity contribution in [3.8, 4) is 0 Å². The fourth-order valence-electron chi connectivity index (χ4n) is 1.34. The molecule has 69 valence electrons. The fourth-order valence-corrected chi connectivity index (χ4v) is 1.34. The molecule has 0 aromatic heterocycles. The summed E-state index contributed by atoms with van der Waals surface area (Å²) in [4.78, 5) is 0. The van der Waals surface area contributed by atoms with E-state index in [-0.39, 0.29) is 5.92 Å². The Bertz CT molecular complexity index is 264. The normalized spacial score (nSPS) is 12.5. The number of benzene rings is 1. The maximum atomic E-state index is 7.80. The van der Waals surface area contributed by atoms with Gasteiger partial charge in [-0.15, -0.1) is 0 Å². The van der Waals surface area contributed by atoms with Crippen molar-refractivity contribution in [2.24, 2.45) is 0 Å². The first kappa shape index (κ1) is 9.97. The Morgan fingerprint density at radius 1 is 1.38 bits per heavy atom. The molecule has 1 N–H and O–H groups in total. The van der Waals surface area contributed by atoms with Crippen LogP contribution in [-0.4, -0.2) is 5.71 Å². The van der Waals surface area contributed by atoms with Crippen molar-refractivity contribution < 1.29 is 0 Å². The van der Waals surface area contributed by atoms with E-state index in [1.165, 1.54) is 5.56 Å². The Balaban J connectivity index is 2.68. The number of rotatable bonds is 4. The van der Waals surface area contributed by atoms with Crippen LogP contribution in [0, 0.1) is 11.8 Å². The standard InChI is InChI=1S/C12H16N/c1-3-7-12(13)10(2)11-8-5-4-6-9-11/h3-6,8-10,13H,7H2,1-2H3/t10-/m1/s1. The number of nitrogens with one attached hydrogen (secondary N) is 1. The Kier molecular flexibility index (Phi) is 3.69. The van der Waals surface area contributed by atoms with Gasteiger partial charge in [-0.1, -0.05) is 44.2 Å².